The average molecular weight is 277 g/mol. The molecule has 1 aliphatic rings. The monoisotopic (exact) mass is 277 g/mol. The first-order valence-electron chi connectivity index (χ1n) is 6.48. The van der Waals surface area contributed by atoms with E-state index in [-0.39, 0.29) is 11.8 Å². The highest BCUT2D eigenvalue weighted by atomic mass is 32.1. The Morgan fingerprint density at radius 3 is 2.68 bits per heavy atom. The fourth-order valence-electron chi connectivity index (χ4n) is 2.47. The van der Waals surface area contributed by atoms with E-state index in [0.29, 0.717) is 4.99 Å². The summed E-state index contributed by atoms with van der Waals surface area (Å²) >= 11 is 4.94. The van der Waals surface area contributed by atoms with Gasteiger partial charge in [-0.1, -0.05) is 12.2 Å². The third kappa shape index (κ3) is 3.23. The minimum Gasteiger partial charge on any atom is -0.389 e. The van der Waals surface area contributed by atoms with Crippen molar-refractivity contribution in [3.8, 4) is 0 Å². The highest BCUT2D eigenvalue weighted by Gasteiger charge is 2.25. The topological polar surface area (TPSA) is 58.4 Å². The van der Waals surface area contributed by atoms with Crippen LogP contribution >= 0.6 is 12.2 Å². The Labute approximate surface area is 119 Å². The minimum absolute atomic E-state index is 0.0778. The lowest BCUT2D eigenvalue weighted by Crippen LogP contribution is -2.42. The van der Waals surface area contributed by atoms with Crippen LogP contribution in [-0.2, 0) is 4.79 Å². The van der Waals surface area contributed by atoms with Crippen LogP contribution in [0.1, 0.15) is 18.4 Å². The lowest BCUT2D eigenvalue weighted by molar-refractivity contribution is -0.124. The molecule has 1 aromatic rings. The lowest BCUT2D eigenvalue weighted by Gasteiger charge is -2.33. The molecule has 1 aliphatic heterocycles. The van der Waals surface area contributed by atoms with Gasteiger partial charge in [-0.05, 0) is 37.1 Å². The summed E-state index contributed by atoms with van der Waals surface area (Å²) in [5.41, 5.74) is 7.58. The van der Waals surface area contributed by atoms with Crippen molar-refractivity contribution in [2.45, 2.75) is 12.8 Å². The molecule has 0 saturated carbocycles. The van der Waals surface area contributed by atoms with Crippen molar-refractivity contribution in [2.24, 2.45) is 11.7 Å². The Balaban J connectivity index is 2.08. The standard InChI is InChI=1S/C14H19N3OS/c1-16-14(18)11-3-2-8-17(9-11)12-6-4-10(5-7-12)13(15)19/h4-7,11H,2-3,8-9H2,1H3,(H2,15,19)(H,16,18). The molecule has 2 rings (SSSR count). The molecule has 5 heteroatoms. The number of nitrogens with one attached hydrogen (secondary N) is 1. The second kappa shape index (κ2) is 6.02. The smallest absolute Gasteiger partial charge is 0.224 e. The Hall–Kier alpha value is -1.62. The first kappa shape index (κ1) is 13.8. The van der Waals surface area contributed by atoms with Gasteiger partial charge in [0.2, 0.25) is 5.91 Å². The second-order valence-corrected chi connectivity index (χ2v) is 5.25. The molecule has 1 fully saturated rings. The predicted octanol–water partition coefficient (Wildman–Crippen LogP) is 1.28. The molecule has 1 amide bonds. The second-order valence-electron chi connectivity index (χ2n) is 4.81. The van der Waals surface area contributed by atoms with E-state index in [2.05, 4.69) is 10.2 Å². The number of carbonyl (C=O) groups excluding carboxylic acids is 1. The van der Waals surface area contributed by atoms with E-state index in [0.717, 1.165) is 37.2 Å². The van der Waals surface area contributed by atoms with Gasteiger partial charge in [0.1, 0.15) is 4.99 Å². The lowest BCUT2D eigenvalue weighted by atomic mass is 9.96. The fraction of sp³-hybridized carbons (Fsp3) is 0.429. The summed E-state index contributed by atoms with van der Waals surface area (Å²) < 4.78 is 0. The van der Waals surface area contributed by atoms with E-state index in [9.17, 15) is 4.79 Å². The highest BCUT2D eigenvalue weighted by Crippen LogP contribution is 2.23. The first-order valence-corrected chi connectivity index (χ1v) is 6.89. The molecule has 102 valence electrons. The van der Waals surface area contributed by atoms with Gasteiger partial charge in [-0.15, -0.1) is 0 Å². The molecule has 4 nitrogen and oxygen atoms in total. The normalized spacial score (nSPS) is 19.0. The SMILES string of the molecule is CNC(=O)C1CCCN(c2ccc(C(N)=S)cc2)C1. The number of amides is 1. The largest absolute Gasteiger partial charge is 0.389 e. The van der Waals surface area contributed by atoms with E-state index in [1.165, 1.54) is 0 Å². The van der Waals surface area contributed by atoms with Crippen LogP contribution in [0, 0.1) is 5.92 Å². The summed E-state index contributed by atoms with van der Waals surface area (Å²) in [5.74, 6) is 0.207. The molecule has 0 radical (unpaired) electrons. The maximum absolute atomic E-state index is 11.7. The fourth-order valence-corrected chi connectivity index (χ4v) is 2.60. The van der Waals surface area contributed by atoms with Crippen molar-refractivity contribution >= 4 is 28.8 Å². The van der Waals surface area contributed by atoms with Crippen LogP contribution in [0.25, 0.3) is 0 Å². The van der Waals surface area contributed by atoms with Crippen molar-refractivity contribution in [3.05, 3.63) is 29.8 Å². The number of hydrogen-bond acceptors (Lipinski definition) is 3. The van der Waals surface area contributed by atoms with Gasteiger partial charge < -0.3 is 16.0 Å². The van der Waals surface area contributed by atoms with Crippen LogP contribution in [0.2, 0.25) is 0 Å². The van der Waals surface area contributed by atoms with E-state index in [4.69, 9.17) is 18.0 Å². The van der Waals surface area contributed by atoms with Crippen molar-refractivity contribution < 1.29 is 4.79 Å². The van der Waals surface area contributed by atoms with Crippen LogP contribution in [-0.4, -0.2) is 31.0 Å². The van der Waals surface area contributed by atoms with E-state index in [1.807, 2.05) is 24.3 Å². The van der Waals surface area contributed by atoms with Crippen LogP contribution in [0.15, 0.2) is 24.3 Å². The van der Waals surface area contributed by atoms with Gasteiger partial charge >= 0.3 is 0 Å². The summed E-state index contributed by atoms with van der Waals surface area (Å²) in [7, 11) is 1.69. The number of piperidine rings is 1. The Bertz CT molecular complexity index is 472. The summed E-state index contributed by atoms with van der Waals surface area (Å²) in [5, 5.41) is 2.73. The van der Waals surface area contributed by atoms with E-state index >= 15 is 0 Å². The average Bonchev–Trinajstić information content (AvgIpc) is 2.46. The van der Waals surface area contributed by atoms with Gasteiger partial charge in [0, 0.05) is 31.4 Å². The van der Waals surface area contributed by atoms with Crippen molar-refractivity contribution in [1.82, 2.24) is 5.32 Å². The Morgan fingerprint density at radius 2 is 2.11 bits per heavy atom. The minimum atomic E-state index is 0.0778. The molecular weight excluding hydrogens is 258 g/mol. The van der Waals surface area contributed by atoms with Gasteiger partial charge in [0.25, 0.3) is 0 Å². The number of nitrogens with zero attached hydrogens (tertiary/aromatic N) is 1. The zero-order valence-corrected chi connectivity index (χ0v) is 11.9. The van der Waals surface area contributed by atoms with E-state index < -0.39 is 0 Å². The number of thiocarbonyl (C=S) groups is 1. The number of hydrogen-bond donors (Lipinski definition) is 2. The molecule has 0 aromatic heterocycles. The molecule has 19 heavy (non-hydrogen) atoms. The van der Waals surface area contributed by atoms with Crippen LogP contribution in [0.3, 0.4) is 0 Å². The van der Waals surface area contributed by atoms with Crippen molar-refractivity contribution in [3.63, 3.8) is 0 Å². The molecular formula is C14H19N3OS. The zero-order chi connectivity index (χ0) is 13.8. The van der Waals surface area contributed by atoms with Gasteiger partial charge in [0.05, 0.1) is 5.92 Å². The third-order valence-electron chi connectivity index (χ3n) is 3.56. The van der Waals surface area contributed by atoms with Gasteiger partial charge in [-0.25, -0.2) is 0 Å². The molecule has 1 heterocycles. The van der Waals surface area contributed by atoms with Crippen molar-refractivity contribution in [1.29, 1.82) is 0 Å². The highest BCUT2D eigenvalue weighted by molar-refractivity contribution is 7.80. The summed E-state index contributed by atoms with van der Waals surface area (Å²) in [6.45, 7) is 1.76. The number of rotatable bonds is 3. The molecule has 1 saturated heterocycles. The maximum Gasteiger partial charge on any atom is 0.224 e. The van der Waals surface area contributed by atoms with Crippen molar-refractivity contribution in [2.75, 3.05) is 25.0 Å². The molecule has 0 aliphatic carbocycles. The number of carbonyl (C=O) groups is 1. The van der Waals surface area contributed by atoms with Crippen LogP contribution in [0.5, 0.6) is 0 Å². The molecule has 3 N–H and O–H groups in total. The Kier molecular flexibility index (Phi) is 4.37. The van der Waals surface area contributed by atoms with Gasteiger partial charge in [0.15, 0.2) is 0 Å². The number of nitrogens with two attached hydrogens (primary N) is 1. The number of benzene rings is 1. The van der Waals surface area contributed by atoms with Crippen LogP contribution in [0.4, 0.5) is 5.69 Å². The summed E-state index contributed by atoms with van der Waals surface area (Å²) in [4.78, 5) is 14.4. The number of anilines is 1. The summed E-state index contributed by atoms with van der Waals surface area (Å²) in [6.07, 6.45) is 2.00. The first-order chi connectivity index (χ1) is 9.11. The molecule has 1 aromatic carbocycles. The third-order valence-corrected chi connectivity index (χ3v) is 3.79. The van der Waals surface area contributed by atoms with E-state index in [1.54, 1.807) is 7.05 Å². The van der Waals surface area contributed by atoms with Gasteiger partial charge in [-0.3, -0.25) is 4.79 Å². The zero-order valence-electron chi connectivity index (χ0n) is 11.1. The van der Waals surface area contributed by atoms with Crippen LogP contribution < -0.4 is 16.0 Å². The Morgan fingerprint density at radius 1 is 1.42 bits per heavy atom. The molecule has 1 atom stereocenters. The predicted molar refractivity (Wildman–Crippen MR) is 81.3 cm³/mol. The quantitative estimate of drug-likeness (QED) is 0.817. The van der Waals surface area contributed by atoms with Gasteiger partial charge in [-0.2, -0.15) is 0 Å². The summed E-state index contributed by atoms with van der Waals surface area (Å²) in [6, 6.07) is 7.89. The molecule has 0 spiro atoms. The maximum atomic E-state index is 11.7. The molecule has 1 unspecified atom stereocenters. The molecule has 0 bridgehead atoms.